The summed E-state index contributed by atoms with van der Waals surface area (Å²) in [5.41, 5.74) is 2.48. The van der Waals surface area contributed by atoms with Crippen molar-refractivity contribution in [2.24, 2.45) is 0 Å². The molecule has 0 amide bonds. The van der Waals surface area contributed by atoms with Crippen molar-refractivity contribution >= 4 is 47.8 Å². The van der Waals surface area contributed by atoms with E-state index in [9.17, 15) is 0 Å². The molecule has 0 spiro atoms. The largest absolute Gasteiger partial charge is 0.435 e. The summed E-state index contributed by atoms with van der Waals surface area (Å²) in [4.78, 5) is 0. The molecule has 0 radical (unpaired) electrons. The van der Waals surface area contributed by atoms with E-state index in [0.29, 0.717) is 0 Å². The van der Waals surface area contributed by atoms with Crippen LogP contribution in [0.25, 0.3) is 0 Å². The van der Waals surface area contributed by atoms with E-state index in [1.807, 2.05) is 0 Å². The topological polar surface area (TPSA) is 9.23 Å². The van der Waals surface area contributed by atoms with Crippen LogP contribution in [0.2, 0.25) is 0 Å². The summed E-state index contributed by atoms with van der Waals surface area (Å²) in [5, 5.41) is 7.46. The SMILES string of the molecule is Cc1ccc([Si](O[Si](c2ccccc2)(c2ccccc2)c2ccc(C)cc2)(c2ccccc2)c2ccccc2)cc1. The first-order chi connectivity index (χ1) is 20.1. The van der Waals surface area contributed by atoms with Crippen LogP contribution < -0.4 is 31.1 Å². The Balaban J connectivity index is 1.76. The van der Waals surface area contributed by atoms with E-state index in [1.54, 1.807) is 0 Å². The van der Waals surface area contributed by atoms with Gasteiger partial charge in [-0.1, -0.05) is 181 Å². The van der Waals surface area contributed by atoms with Gasteiger partial charge in [-0.25, -0.2) is 0 Å². The molecule has 41 heavy (non-hydrogen) atoms. The zero-order chi connectivity index (χ0) is 28.1. The molecule has 0 aliphatic rings. The first-order valence-electron chi connectivity index (χ1n) is 14.2. The highest BCUT2D eigenvalue weighted by atomic mass is 28.4. The molecule has 0 fully saturated rings. The van der Waals surface area contributed by atoms with Gasteiger partial charge < -0.3 is 4.12 Å². The summed E-state index contributed by atoms with van der Waals surface area (Å²) in [7, 11) is -6.16. The predicted molar refractivity (Wildman–Crippen MR) is 179 cm³/mol. The fourth-order valence-electron chi connectivity index (χ4n) is 5.85. The minimum atomic E-state index is -3.08. The van der Waals surface area contributed by atoms with Crippen molar-refractivity contribution in [1.29, 1.82) is 0 Å². The molecule has 0 bridgehead atoms. The maximum atomic E-state index is 8.30. The molecule has 6 aromatic carbocycles. The van der Waals surface area contributed by atoms with Gasteiger partial charge in [0.15, 0.2) is 0 Å². The van der Waals surface area contributed by atoms with E-state index < -0.39 is 16.6 Å². The lowest BCUT2D eigenvalue weighted by Gasteiger charge is -2.44. The van der Waals surface area contributed by atoms with Crippen LogP contribution in [0.5, 0.6) is 0 Å². The summed E-state index contributed by atoms with van der Waals surface area (Å²) < 4.78 is 8.30. The molecular formula is C38H34OSi2. The maximum absolute atomic E-state index is 8.30. The molecule has 0 unspecified atom stereocenters. The Bertz CT molecular complexity index is 1470. The van der Waals surface area contributed by atoms with Crippen molar-refractivity contribution in [3.8, 4) is 0 Å². The molecule has 1 nitrogen and oxygen atoms in total. The fourth-order valence-corrected chi connectivity index (χ4v) is 16.4. The third kappa shape index (κ3) is 5.04. The zero-order valence-electron chi connectivity index (χ0n) is 23.6. The number of rotatable bonds is 8. The second-order valence-electron chi connectivity index (χ2n) is 10.7. The van der Waals surface area contributed by atoms with E-state index in [4.69, 9.17) is 4.12 Å². The second-order valence-corrected chi connectivity index (χ2v) is 17.7. The van der Waals surface area contributed by atoms with Crippen LogP contribution in [-0.2, 0) is 4.12 Å². The molecule has 200 valence electrons. The quantitative estimate of drug-likeness (QED) is 0.188. The van der Waals surface area contributed by atoms with Gasteiger partial charge in [-0.3, -0.25) is 0 Å². The summed E-state index contributed by atoms with van der Waals surface area (Å²) in [6.07, 6.45) is 0. The van der Waals surface area contributed by atoms with Gasteiger partial charge in [-0.05, 0) is 45.0 Å². The molecule has 0 N–H and O–H groups in total. The molecule has 0 saturated heterocycles. The number of benzene rings is 6. The van der Waals surface area contributed by atoms with Crippen molar-refractivity contribution in [2.45, 2.75) is 13.8 Å². The number of hydrogen-bond donors (Lipinski definition) is 0. The third-order valence-electron chi connectivity index (χ3n) is 7.94. The van der Waals surface area contributed by atoms with Gasteiger partial charge in [0.1, 0.15) is 0 Å². The number of hydrogen-bond acceptors (Lipinski definition) is 1. The van der Waals surface area contributed by atoms with Gasteiger partial charge in [0.05, 0.1) is 0 Å². The highest BCUT2D eigenvalue weighted by Gasteiger charge is 2.52. The minimum absolute atomic E-state index is 1.24. The van der Waals surface area contributed by atoms with E-state index in [-0.39, 0.29) is 0 Å². The van der Waals surface area contributed by atoms with Crippen LogP contribution in [-0.4, -0.2) is 16.6 Å². The van der Waals surface area contributed by atoms with Crippen molar-refractivity contribution in [3.63, 3.8) is 0 Å². The van der Waals surface area contributed by atoms with Gasteiger partial charge in [-0.15, -0.1) is 0 Å². The molecule has 0 aromatic heterocycles. The Hall–Kier alpha value is -4.29. The molecule has 6 aromatic rings. The molecule has 6 rings (SSSR count). The van der Waals surface area contributed by atoms with Crippen LogP contribution in [0.1, 0.15) is 11.1 Å². The molecule has 0 atom stereocenters. The molecule has 3 heteroatoms. The van der Waals surface area contributed by atoms with E-state index in [0.717, 1.165) is 0 Å². The van der Waals surface area contributed by atoms with E-state index in [1.165, 1.54) is 42.2 Å². The highest BCUT2D eigenvalue weighted by Crippen LogP contribution is 2.19. The minimum Gasteiger partial charge on any atom is -0.435 e. The Labute approximate surface area is 246 Å². The maximum Gasteiger partial charge on any atom is 0.278 e. The summed E-state index contributed by atoms with van der Waals surface area (Å²) >= 11 is 0. The summed E-state index contributed by atoms with van der Waals surface area (Å²) in [6, 6.07) is 61.8. The predicted octanol–water partition coefficient (Wildman–Crippen LogP) is 4.95. The van der Waals surface area contributed by atoms with Gasteiger partial charge in [0.25, 0.3) is 16.6 Å². The molecule has 0 saturated carbocycles. The lowest BCUT2D eigenvalue weighted by atomic mass is 10.2. The molecule has 0 aliphatic carbocycles. The average molecular weight is 563 g/mol. The van der Waals surface area contributed by atoms with Crippen molar-refractivity contribution < 1.29 is 4.12 Å². The zero-order valence-corrected chi connectivity index (χ0v) is 25.6. The Kier molecular flexibility index (Phi) is 7.66. The molecule has 0 aliphatic heterocycles. The van der Waals surface area contributed by atoms with Gasteiger partial charge in [0, 0.05) is 0 Å². The lowest BCUT2D eigenvalue weighted by Crippen LogP contribution is -2.81. The van der Waals surface area contributed by atoms with Gasteiger partial charge in [-0.2, -0.15) is 0 Å². The fraction of sp³-hybridized carbons (Fsp3) is 0.0526. The van der Waals surface area contributed by atoms with Crippen LogP contribution in [0.15, 0.2) is 170 Å². The van der Waals surface area contributed by atoms with E-state index in [2.05, 4.69) is 184 Å². The average Bonchev–Trinajstić information content (AvgIpc) is 3.05. The normalized spacial score (nSPS) is 11.8. The summed E-state index contributed by atoms with van der Waals surface area (Å²) in [5.74, 6) is 0. The van der Waals surface area contributed by atoms with Crippen molar-refractivity contribution in [3.05, 3.63) is 181 Å². The van der Waals surface area contributed by atoms with E-state index >= 15 is 0 Å². The smallest absolute Gasteiger partial charge is 0.278 e. The first kappa shape index (κ1) is 26.9. The van der Waals surface area contributed by atoms with Crippen LogP contribution in [0.3, 0.4) is 0 Å². The monoisotopic (exact) mass is 562 g/mol. The second kappa shape index (κ2) is 11.7. The van der Waals surface area contributed by atoms with Crippen molar-refractivity contribution in [2.75, 3.05) is 0 Å². The molecule has 0 heterocycles. The van der Waals surface area contributed by atoms with Gasteiger partial charge in [0.2, 0.25) is 0 Å². The Morgan fingerprint density at radius 3 is 0.756 bits per heavy atom. The third-order valence-corrected chi connectivity index (χ3v) is 17.3. The summed E-state index contributed by atoms with van der Waals surface area (Å²) in [6.45, 7) is 4.30. The molecular weight excluding hydrogens is 529 g/mol. The van der Waals surface area contributed by atoms with Crippen LogP contribution >= 0.6 is 0 Å². The first-order valence-corrected chi connectivity index (χ1v) is 18.0. The van der Waals surface area contributed by atoms with Crippen LogP contribution in [0.4, 0.5) is 0 Å². The van der Waals surface area contributed by atoms with Crippen molar-refractivity contribution in [1.82, 2.24) is 0 Å². The Morgan fingerprint density at radius 1 is 0.293 bits per heavy atom. The van der Waals surface area contributed by atoms with Gasteiger partial charge >= 0.3 is 0 Å². The lowest BCUT2D eigenvalue weighted by molar-refractivity contribution is 0.600. The van der Waals surface area contributed by atoms with Crippen LogP contribution in [0, 0.1) is 13.8 Å². The highest BCUT2D eigenvalue weighted by molar-refractivity contribution is 7.18. The number of aryl methyl sites for hydroxylation is 2. The standard InChI is InChI=1S/C38H34OSi2/c1-31-23-27-37(28-24-31)40(33-15-7-3-8-16-33,34-17-9-4-10-18-34)39-41(35-19-11-5-12-20-35,36-21-13-6-14-22-36)38-29-25-32(2)26-30-38/h3-30H,1-2H3. The Morgan fingerprint density at radius 2 is 0.512 bits per heavy atom.